The second-order valence-electron chi connectivity index (χ2n) is 6.58. The lowest BCUT2D eigenvalue weighted by Gasteiger charge is -2.26. The highest BCUT2D eigenvalue weighted by atomic mass is 79.9. The Morgan fingerprint density at radius 1 is 0.938 bits per heavy atom. The van der Waals surface area contributed by atoms with E-state index in [9.17, 15) is 14.4 Å². The normalized spacial score (nSPS) is 15.1. The molecule has 0 unspecified atom stereocenters. The van der Waals surface area contributed by atoms with Crippen molar-refractivity contribution in [3.63, 3.8) is 0 Å². The molecule has 32 heavy (non-hydrogen) atoms. The standard InChI is InChI=1S/C23H23BrN2O6/c1-4-30-16-9-7-15(8-10-16)26-22(28)17(21(27)25-23(26)29)11-14-12-18(24)20(32-6-3)19(13-14)31-5-2/h7-13H,4-6H2,1-3H3,(H,25,27,29). The maximum Gasteiger partial charge on any atom is 0.335 e. The van der Waals surface area contributed by atoms with Crippen molar-refractivity contribution in [1.82, 2.24) is 5.32 Å². The Balaban J connectivity index is 1.98. The van der Waals surface area contributed by atoms with Gasteiger partial charge in [-0.05, 0) is 84.7 Å². The summed E-state index contributed by atoms with van der Waals surface area (Å²) in [6.07, 6.45) is 1.41. The van der Waals surface area contributed by atoms with Crippen LogP contribution in [0.2, 0.25) is 0 Å². The monoisotopic (exact) mass is 502 g/mol. The van der Waals surface area contributed by atoms with Crippen LogP contribution in [0.15, 0.2) is 46.4 Å². The van der Waals surface area contributed by atoms with Gasteiger partial charge in [0.1, 0.15) is 11.3 Å². The Labute approximate surface area is 194 Å². The number of amides is 4. The molecule has 1 aliphatic heterocycles. The summed E-state index contributed by atoms with van der Waals surface area (Å²) in [5.74, 6) is 0.104. The Morgan fingerprint density at radius 3 is 2.22 bits per heavy atom. The molecule has 0 aliphatic carbocycles. The van der Waals surface area contributed by atoms with Gasteiger partial charge in [-0.2, -0.15) is 0 Å². The van der Waals surface area contributed by atoms with E-state index in [2.05, 4.69) is 21.2 Å². The van der Waals surface area contributed by atoms with Gasteiger partial charge in [-0.15, -0.1) is 0 Å². The molecule has 8 nitrogen and oxygen atoms in total. The zero-order valence-corrected chi connectivity index (χ0v) is 19.5. The van der Waals surface area contributed by atoms with Gasteiger partial charge in [-0.3, -0.25) is 14.9 Å². The van der Waals surface area contributed by atoms with Gasteiger partial charge in [0, 0.05) is 0 Å². The molecule has 0 saturated carbocycles. The third kappa shape index (κ3) is 4.94. The van der Waals surface area contributed by atoms with Crippen molar-refractivity contribution in [1.29, 1.82) is 0 Å². The molecule has 0 aromatic heterocycles. The SMILES string of the molecule is CCOc1ccc(N2C(=O)NC(=O)C(=Cc3cc(Br)c(OCC)c(OCC)c3)C2=O)cc1. The van der Waals surface area contributed by atoms with Crippen molar-refractivity contribution in [2.24, 2.45) is 0 Å². The summed E-state index contributed by atoms with van der Waals surface area (Å²) < 4.78 is 17.3. The summed E-state index contributed by atoms with van der Waals surface area (Å²) >= 11 is 3.45. The third-order valence-electron chi connectivity index (χ3n) is 4.44. The highest BCUT2D eigenvalue weighted by Gasteiger charge is 2.36. The minimum absolute atomic E-state index is 0.183. The molecule has 3 rings (SSSR count). The van der Waals surface area contributed by atoms with Gasteiger partial charge < -0.3 is 14.2 Å². The molecule has 0 atom stereocenters. The van der Waals surface area contributed by atoms with E-state index in [0.717, 1.165) is 4.90 Å². The minimum Gasteiger partial charge on any atom is -0.494 e. The minimum atomic E-state index is -0.816. The highest BCUT2D eigenvalue weighted by Crippen LogP contribution is 2.38. The number of benzene rings is 2. The van der Waals surface area contributed by atoms with E-state index in [0.29, 0.717) is 52.8 Å². The van der Waals surface area contributed by atoms with Crippen LogP contribution in [0.5, 0.6) is 17.2 Å². The number of imide groups is 2. The number of rotatable bonds is 8. The Morgan fingerprint density at radius 2 is 1.59 bits per heavy atom. The fourth-order valence-electron chi connectivity index (χ4n) is 3.14. The number of carbonyl (C=O) groups is 3. The maximum absolute atomic E-state index is 13.1. The third-order valence-corrected chi connectivity index (χ3v) is 5.03. The van der Waals surface area contributed by atoms with Crippen molar-refractivity contribution in [3.8, 4) is 17.2 Å². The molecule has 0 radical (unpaired) electrons. The van der Waals surface area contributed by atoms with Gasteiger partial charge in [0.2, 0.25) is 0 Å². The molecule has 1 N–H and O–H groups in total. The van der Waals surface area contributed by atoms with E-state index < -0.39 is 17.8 Å². The van der Waals surface area contributed by atoms with Crippen molar-refractivity contribution in [2.75, 3.05) is 24.7 Å². The highest BCUT2D eigenvalue weighted by molar-refractivity contribution is 9.10. The molecule has 2 aromatic carbocycles. The Kier molecular flexibility index (Phi) is 7.53. The number of barbiturate groups is 1. The molecule has 2 aromatic rings. The predicted molar refractivity (Wildman–Crippen MR) is 123 cm³/mol. The Hall–Kier alpha value is -3.33. The zero-order valence-electron chi connectivity index (χ0n) is 17.9. The number of nitrogens with one attached hydrogen (secondary N) is 1. The number of nitrogens with zero attached hydrogens (tertiary/aromatic N) is 1. The van der Waals surface area contributed by atoms with E-state index in [1.165, 1.54) is 6.08 Å². The average molecular weight is 503 g/mol. The molecule has 1 heterocycles. The van der Waals surface area contributed by atoms with Gasteiger partial charge in [0.25, 0.3) is 11.8 Å². The zero-order chi connectivity index (χ0) is 23.3. The van der Waals surface area contributed by atoms with E-state index in [-0.39, 0.29) is 5.57 Å². The molecule has 0 bridgehead atoms. The molecule has 1 aliphatic rings. The number of anilines is 1. The van der Waals surface area contributed by atoms with Gasteiger partial charge in [-0.25, -0.2) is 9.69 Å². The van der Waals surface area contributed by atoms with Crippen molar-refractivity contribution in [3.05, 3.63) is 52.0 Å². The first-order valence-electron chi connectivity index (χ1n) is 10.1. The average Bonchev–Trinajstić information content (AvgIpc) is 2.75. The van der Waals surface area contributed by atoms with Crippen LogP contribution in [-0.4, -0.2) is 37.7 Å². The van der Waals surface area contributed by atoms with Crippen LogP contribution in [-0.2, 0) is 9.59 Å². The number of ether oxygens (including phenoxy) is 3. The lowest BCUT2D eigenvalue weighted by atomic mass is 10.1. The first-order chi connectivity index (χ1) is 15.4. The summed E-state index contributed by atoms with van der Waals surface area (Å²) in [5, 5.41) is 2.21. The fraction of sp³-hybridized carbons (Fsp3) is 0.261. The molecule has 1 saturated heterocycles. The molecule has 9 heteroatoms. The number of hydrogen-bond acceptors (Lipinski definition) is 6. The topological polar surface area (TPSA) is 94.2 Å². The summed E-state index contributed by atoms with van der Waals surface area (Å²) in [7, 11) is 0. The molecule has 1 fully saturated rings. The van der Waals surface area contributed by atoms with Crippen LogP contribution in [0, 0.1) is 0 Å². The number of hydrogen-bond donors (Lipinski definition) is 1. The number of urea groups is 1. The largest absolute Gasteiger partial charge is 0.494 e. The van der Waals surface area contributed by atoms with Crippen LogP contribution in [0.3, 0.4) is 0 Å². The van der Waals surface area contributed by atoms with Crippen LogP contribution < -0.4 is 24.4 Å². The van der Waals surface area contributed by atoms with E-state index >= 15 is 0 Å². The van der Waals surface area contributed by atoms with Crippen LogP contribution in [0.4, 0.5) is 10.5 Å². The number of halogens is 1. The lowest BCUT2D eigenvalue weighted by molar-refractivity contribution is -0.122. The smallest absolute Gasteiger partial charge is 0.335 e. The molecular formula is C23H23BrN2O6. The summed E-state index contributed by atoms with van der Waals surface area (Å²) in [5.41, 5.74) is 0.664. The molecule has 0 spiro atoms. The first-order valence-corrected chi connectivity index (χ1v) is 10.9. The maximum atomic E-state index is 13.1. The Bertz CT molecular complexity index is 1060. The summed E-state index contributed by atoms with van der Waals surface area (Å²) in [4.78, 5) is 38.9. The van der Waals surface area contributed by atoms with E-state index in [1.807, 2.05) is 20.8 Å². The number of carbonyl (C=O) groups excluding carboxylic acids is 3. The van der Waals surface area contributed by atoms with Crippen LogP contribution in [0.1, 0.15) is 26.3 Å². The lowest BCUT2D eigenvalue weighted by Crippen LogP contribution is -2.54. The van der Waals surface area contributed by atoms with E-state index in [4.69, 9.17) is 14.2 Å². The fourth-order valence-corrected chi connectivity index (χ4v) is 3.71. The van der Waals surface area contributed by atoms with E-state index in [1.54, 1.807) is 36.4 Å². The summed E-state index contributed by atoms with van der Waals surface area (Å²) in [6.45, 7) is 6.90. The van der Waals surface area contributed by atoms with Crippen LogP contribution in [0.25, 0.3) is 6.08 Å². The quantitative estimate of drug-likeness (QED) is 0.426. The van der Waals surface area contributed by atoms with Gasteiger partial charge in [-0.1, -0.05) is 0 Å². The second-order valence-corrected chi connectivity index (χ2v) is 7.44. The van der Waals surface area contributed by atoms with Gasteiger partial charge in [0.05, 0.1) is 30.0 Å². The molecule has 168 valence electrons. The molecular weight excluding hydrogens is 480 g/mol. The second kappa shape index (κ2) is 10.3. The van der Waals surface area contributed by atoms with Crippen molar-refractivity contribution in [2.45, 2.75) is 20.8 Å². The molecule has 4 amide bonds. The van der Waals surface area contributed by atoms with Crippen molar-refractivity contribution < 1.29 is 28.6 Å². The first kappa shape index (κ1) is 23.3. The van der Waals surface area contributed by atoms with Gasteiger partial charge >= 0.3 is 6.03 Å². The van der Waals surface area contributed by atoms with Crippen molar-refractivity contribution >= 4 is 45.5 Å². The van der Waals surface area contributed by atoms with Gasteiger partial charge in [0.15, 0.2) is 11.5 Å². The summed E-state index contributed by atoms with van der Waals surface area (Å²) in [6, 6.07) is 9.02. The predicted octanol–water partition coefficient (Wildman–Crippen LogP) is 4.31. The van der Waals surface area contributed by atoms with Crippen LogP contribution >= 0.6 is 15.9 Å².